The van der Waals surface area contributed by atoms with Gasteiger partial charge in [0.25, 0.3) is 0 Å². The van der Waals surface area contributed by atoms with Crippen LogP contribution in [0.25, 0.3) is 0 Å². The molecule has 2 unspecified atom stereocenters. The third-order valence-electron chi connectivity index (χ3n) is 4.80. The summed E-state index contributed by atoms with van der Waals surface area (Å²) < 4.78 is 18.9. The van der Waals surface area contributed by atoms with Crippen LogP contribution in [0.4, 0.5) is 9.18 Å². The van der Waals surface area contributed by atoms with E-state index in [0.29, 0.717) is 26.2 Å². The molecule has 0 spiro atoms. The molecule has 0 aromatic heterocycles. The Morgan fingerprint density at radius 1 is 1.18 bits per heavy atom. The average molecular weight is 385 g/mol. The van der Waals surface area contributed by atoms with E-state index in [0.717, 1.165) is 11.1 Å². The van der Waals surface area contributed by atoms with Crippen molar-refractivity contribution in [1.82, 2.24) is 15.5 Å². The molecule has 1 saturated heterocycles. The number of carbonyl (C=O) groups is 2. The number of ether oxygens (including phenoxy) is 1. The van der Waals surface area contributed by atoms with Gasteiger partial charge in [-0.1, -0.05) is 42.5 Å². The molecule has 2 aromatic carbocycles. The lowest BCUT2D eigenvalue weighted by Gasteiger charge is -2.36. The lowest BCUT2D eigenvalue weighted by molar-refractivity contribution is -0.128. The molecular weight excluding hydrogens is 361 g/mol. The Balaban J connectivity index is 1.50. The maximum Gasteiger partial charge on any atom is 0.321 e. The predicted octanol–water partition coefficient (Wildman–Crippen LogP) is 2.61. The molecular formula is C21H24FN3O3. The van der Waals surface area contributed by atoms with Gasteiger partial charge in [-0.15, -0.1) is 0 Å². The summed E-state index contributed by atoms with van der Waals surface area (Å²) in [4.78, 5) is 26.4. The number of morpholine rings is 1. The molecule has 6 nitrogen and oxygen atoms in total. The van der Waals surface area contributed by atoms with E-state index >= 15 is 0 Å². The predicted molar refractivity (Wildman–Crippen MR) is 103 cm³/mol. The Bertz CT molecular complexity index is 798. The highest BCUT2D eigenvalue weighted by Crippen LogP contribution is 2.23. The lowest BCUT2D eigenvalue weighted by atomic mass is 10.1. The van der Waals surface area contributed by atoms with Crippen molar-refractivity contribution in [3.05, 3.63) is 71.5 Å². The standard InChI is InChI=1S/C21H24FN3O3/c1-15(20(26)24-21(27)23-13-16-5-3-2-4-6-16)25-11-12-28-19(14-25)17-7-9-18(22)10-8-17/h2-10,15,19H,11-14H2,1H3,(H2,23,24,26,27). The fourth-order valence-electron chi connectivity index (χ4n) is 3.10. The topological polar surface area (TPSA) is 70.7 Å². The number of halogens is 1. The number of amides is 3. The van der Waals surface area contributed by atoms with Crippen LogP contribution < -0.4 is 10.6 Å². The molecule has 0 bridgehead atoms. The summed E-state index contributed by atoms with van der Waals surface area (Å²) in [5.74, 6) is -0.670. The molecule has 3 rings (SSSR count). The van der Waals surface area contributed by atoms with Crippen molar-refractivity contribution in [2.45, 2.75) is 25.6 Å². The Hall–Kier alpha value is -2.77. The van der Waals surface area contributed by atoms with Crippen molar-refractivity contribution in [3.8, 4) is 0 Å². The smallest absolute Gasteiger partial charge is 0.321 e. The van der Waals surface area contributed by atoms with Gasteiger partial charge in [-0.2, -0.15) is 0 Å². The molecule has 1 aliphatic rings. The number of imide groups is 1. The third-order valence-corrected chi connectivity index (χ3v) is 4.80. The van der Waals surface area contributed by atoms with Gasteiger partial charge in [-0.05, 0) is 30.2 Å². The van der Waals surface area contributed by atoms with E-state index in [1.165, 1.54) is 12.1 Å². The van der Waals surface area contributed by atoms with Crippen LogP contribution in [-0.2, 0) is 16.1 Å². The molecule has 2 aromatic rings. The summed E-state index contributed by atoms with van der Waals surface area (Å²) >= 11 is 0. The highest BCUT2D eigenvalue weighted by atomic mass is 19.1. The van der Waals surface area contributed by atoms with Crippen molar-refractivity contribution >= 4 is 11.9 Å². The van der Waals surface area contributed by atoms with Crippen molar-refractivity contribution < 1.29 is 18.7 Å². The first-order chi connectivity index (χ1) is 13.5. The van der Waals surface area contributed by atoms with Gasteiger partial charge in [0, 0.05) is 19.6 Å². The summed E-state index contributed by atoms with van der Waals surface area (Å²) in [7, 11) is 0. The van der Waals surface area contributed by atoms with Gasteiger partial charge in [0.15, 0.2) is 0 Å². The van der Waals surface area contributed by atoms with E-state index in [2.05, 4.69) is 10.6 Å². The minimum absolute atomic E-state index is 0.239. The van der Waals surface area contributed by atoms with Crippen LogP contribution in [0.5, 0.6) is 0 Å². The monoisotopic (exact) mass is 385 g/mol. The van der Waals surface area contributed by atoms with Crippen LogP contribution in [-0.4, -0.2) is 42.6 Å². The number of hydrogen-bond donors (Lipinski definition) is 2. The number of carbonyl (C=O) groups excluding carboxylic acids is 2. The van der Waals surface area contributed by atoms with Crippen LogP contribution in [0.3, 0.4) is 0 Å². The van der Waals surface area contributed by atoms with Gasteiger partial charge >= 0.3 is 6.03 Å². The average Bonchev–Trinajstić information content (AvgIpc) is 2.73. The summed E-state index contributed by atoms with van der Waals surface area (Å²) in [6, 6.07) is 14.6. The molecule has 28 heavy (non-hydrogen) atoms. The summed E-state index contributed by atoms with van der Waals surface area (Å²) in [6.07, 6.45) is -0.239. The van der Waals surface area contributed by atoms with E-state index in [-0.39, 0.29) is 17.8 Å². The fraction of sp³-hybridized carbons (Fsp3) is 0.333. The summed E-state index contributed by atoms with van der Waals surface area (Å²) in [6.45, 7) is 3.63. The molecule has 0 aliphatic carbocycles. The van der Waals surface area contributed by atoms with Crippen molar-refractivity contribution in [1.29, 1.82) is 0 Å². The Kier molecular flexibility index (Phi) is 6.73. The Labute approximate surface area is 163 Å². The Morgan fingerprint density at radius 2 is 1.89 bits per heavy atom. The first-order valence-corrected chi connectivity index (χ1v) is 9.26. The molecule has 1 heterocycles. The third kappa shape index (κ3) is 5.37. The molecule has 148 valence electrons. The van der Waals surface area contributed by atoms with Crippen molar-refractivity contribution in [2.75, 3.05) is 19.7 Å². The maximum atomic E-state index is 13.1. The molecule has 1 aliphatic heterocycles. The van der Waals surface area contributed by atoms with E-state index in [9.17, 15) is 14.0 Å². The second-order valence-corrected chi connectivity index (χ2v) is 6.74. The van der Waals surface area contributed by atoms with Crippen LogP contribution in [0.2, 0.25) is 0 Å². The molecule has 0 saturated carbocycles. The number of nitrogens with one attached hydrogen (secondary N) is 2. The zero-order chi connectivity index (χ0) is 19.9. The first-order valence-electron chi connectivity index (χ1n) is 9.26. The summed E-state index contributed by atoms with van der Waals surface area (Å²) in [5.41, 5.74) is 1.81. The minimum Gasteiger partial charge on any atom is -0.371 e. The maximum absolute atomic E-state index is 13.1. The molecule has 1 fully saturated rings. The number of hydrogen-bond acceptors (Lipinski definition) is 4. The molecule has 7 heteroatoms. The lowest BCUT2D eigenvalue weighted by Crippen LogP contribution is -2.52. The SMILES string of the molecule is CC(C(=O)NC(=O)NCc1ccccc1)N1CCOC(c2ccc(F)cc2)C1. The zero-order valence-corrected chi connectivity index (χ0v) is 15.7. The van der Waals surface area contributed by atoms with Gasteiger partial charge < -0.3 is 10.1 Å². The highest BCUT2D eigenvalue weighted by Gasteiger charge is 2.29. The zero-order valence-electron chi connectivity index (χ0n) is 15.7. The van der Waals surface area contributed by atoms with E-state index in [1.54, 1.807) is 19.1 Å². The number of nitrogens with zero attached hydrogens (tertiary/aromatic N) is 1. The molecule has 3 amide bonds. The van der Waals surface area contributed by atoms with E-state index in [1.807, 2.05) is 35.2 Å². The quantitative estimate of drug-likeness (QED) is 0.830. The molecule has 0 radical (unpaired) electrons. The number of benzene rings is 2. The van der Waals surface area contributed by atoms with E-state index in [4.69, 9.17) is 4.74 Å². The minimum atomic E-state index is -0.524. The first kappa shape index (κ1) is 20.0. The Morgan fingerprint density at radius 3 is 2.61 bits per heavy atom. The van der Waals surface area contributed by atoms with Gasteiger partial charge in [-0.3, -0.25) is 15.0 Å². The van der Waals surface area contributed by atoms with Crippen LogP contribution in [0, 0.1) is 5.82 Å². The second-order valence-electron chi connectivity index (χ2n) is 6.74. The van der Waals surface area contributed by atoms with Gasteiger partial charge in [0.2, 0.25) is 5.91 Å². The second kappa shape index (κ2) is 9.43. The van der Waals surface area contributed by atoms with Gasteiger partial charge in [0.05, 0.1) is 18.8 Å². The van der Waals surface area contributed by atoms with Gasteiger partial charge in [0.1, 0.15) is 5.82 Å². The summed E-state index contributed by atoms with van der Waals surface area (Å²) in [5, 5.41) is 5.07. The van der Waals surface area contributed by atoms with Crippen molar-refractivity contribution in [3.63, 3.8) is 0 Å². The van der Waals surface area contributed by atoms with Crippen LogP contribution in [0.1, 0.15) is 24.2 Å². The molecule has 2 N–H and O–H groups in total. The van der Waals surface area contributed by atoms with Crippen LogP contribution >= 0.6 is 0 Å². The van der Waals surface area contributed by atoms with Crippen molar-refractivity contribution in [2.24, 2.45) is 0 Å². The van der Waals surface area contributed by atoms with Gasteiger partial charge in [-0.25, -0.2) is 9.18 Å². The fourth-order valence-corrected chi connectivity index (χ4v) is 3.10. The number of rotatable bonds is 5. The number of urea groups is 1. The molecule has 2 atom stereocenters. The van der Waals surface area contributed by atoms with Crippen LogP contribution in [0.15, 0.2) is 54.6 Å². The van der Waals surface area contributed by atoms with E-state index < -0.39 is 12.1 Å². The highest BCUT2D eigenvalue weighted by molar-refractivity contribution is 5.96. The normalized spacial score (nSPS) is 18.3. The largest absolute Gasteiger partial charge is 0.371 e.